The van der Waals surface area contributed by atoms with Crippen molar-refractivity contribution in [1.29, 1.82) is 0 Å². The van der Waals surface area contributed by atoms with Crippen LogP contribution in [-0.4, -0.2) is 50.4 Å². The lowest BCUT2D eigenvalue weighted by atomic mass is 9.84. The predicted molar refractivity (Wildman–Crippen MR) is 98.7 cm³/mol. The summed E-state index contributed by atoms with van der Waals surface area (Å²) in [4.78, 5) is 14.2. The Kier molecular flexibility index (Phi) is 5.56. The van der Waals surface area contributed by atoms with Gasteiger partial charge in [0.25, 0.3) is 0 Å². The van der Waals surface area contributed by atoms with Crippen LogP contribution in [0.25, 0.3) is 0 Å². The second kappa shape index (κ2) is 7.86. The van der Waals surface area contributed by atoms with E-state index < -0.39 is 5.60 Å². The lowest BCUT2D eigenvalue weighted by molar-refractivity contribution is -0.0167. The molecule has 0 radical (unpaired) electrons. The molecule has 140 valence electrons. The van der Waals surface area contributed by atoms with Gasteiger partial charge in [0.1, 0.15) is 12.2 Å². The van der Waals surface area contributed by atoms with E-state index in [0.717, 1.165) is 11.4 Å². The molecule has 0 bridgehead atoms. The minimum atomic E-state index is -0.842. The van der Waals surface area contributed by atoms with Gasteiger partial charge in [-0.15, -0.1) is 10.2 Å². The Morgan fingerprint density at radius 1 is 1.27 bits per heavy atom. The second-order valence-electron chi connectivity index (χ2n) is 7.11. The molecule has 1 fully saturated rings. The molecule has 1 aliphatic heterocycles. The van der Waals surface area contributed by atoms with E-state index in [1.54, 1.807) is 11.2 Å². The third kappa shape index (κ3) is 4.04. The lowest BCUT2D eigenvalue weighted by Gasteiger charge is -2.38. The second-order valence-corrected chi connectivity index (χ2v) is 7.11. The first-order valence-electron chi connectivity index (χ1n) is 9.19. The number of piperidine rings is 1. The van der Waals surface area contributed by atoms with E-state index in [1.807, 2.05) is 34.9 Å². The van der Waals surface area contributed by atoms with Gasteiger partial charge in [0.15, 0.2) is 0 Å². The van der Waals surface area contributed by atoms with Crippen molar-refractivity contribution in [2.75, 3.05) is 19.6 Å². The maximum Gasteiger partial charge on any atom is 0.317 e. The number of aliphatic hydroxyl groups is 1. The van der Waals surface area contributed by atoms with Gasteiger partial charge in [-0.1, -0.05) is 30.3 Å². The zero-order valence-electron chi connectivity index (χ0n) is 15.4. The zero-order valence-corrected chi connectivity index (χ0v) is 15.4. The molecule has 2 heterocycles. The van der Waals surface area contributed by atoms with Crippen LogP contribution in [0.2, 0.25) is 0 Å². The summed E-state index contributed by atoms with van der Waals surface area (Å²) in [5.41, 5.74) is 0.0826. The monoisotopic (exact) mass is 357 g/mol. The first-order valence-corrected chi connectivity index (χ1v) is 9.19. The van der Waals surface area contributed by atoms with Crippen LogP contribution in [0, 0.1) is 0 Å². The van der Waals surface area contributed by atoms with E-state index in [9.17, 15) is 9.90 Å². The summed E-state index contributed by atoms with van der Waals surface area (Å²) in [6.07, 6.45) is 3.46. The molecule has 3 rings (SSSR count). The number of amides is 2. The summed E-state index contributed by atoms with van der Waals surface area (Å²) >= 11 is 0. The van der Waals surface area contributed by atoms with Crippen LogP contribution >= 0.6 is 0 Å². The van der Waals surface area contributed by atoms with Gasteiger partial charge >= 0.3 is 6.03 Å². The Balaban J connectivity index is 1.47. The van der Waals surface area contributed by atoms with Crippen molar-refractivity contribution in [2.24, 2.45) is 0 Å². The molecule has 7 heteroatoms. The molecule has 1 aromatic heterocycles. The van der Waals surface area contributed by atoms with Crippen molar-refractivity contribution >= 4 is 6.03 Å². The lowest BCUT2D eigenvalue weighted by Crippen LogP contribution is -2.49. The summed E-state index contributed by atoms with van der Waals surface area (Å²) in [7, 11) is 0. The molecular formula is C19H27N5O2. The minimum absolute atomic E-state index is 0.0873. The summed E-state index contributed by atoms with van der Waals surface area (Å²) in [5.74, 6) is 0.873. The first kappa shape index (κ1) is 18.4. The topological polar surface area (TPSA) is 83.3 Å². The number of benzene rings is 1. The Morgan fingerprint density at radius 3 is 2.62 bits per heavy atom. The fraction of sp³-hybridized carbons (Fsp3) is 0.526. The van der Waals surface area contributed by atoms with E-state index in [-0.39, 0.29) is 6.03 Å². The third-order valence-corrected chi connectivity index (χ3v) is 5.02. The fourth-order valence-corrected chi connectivity index (χ4v) is 3.39. The average molecular weight is 357 g/mol. The Morgan fingerprint density at radius 2 is 1.96 bits per heavy atom. The molecule has 0 unspecified atom stereocenters. The third-order valence-electron chi connectivity index (χ3n) is 5.02. The van der Waals surface area contributed by atoms with E-state index >= 15 is 0 Å². The number of rotatable bonds is 5. The first-order chi connectivity index (χ1) is 12.5. The number of hydrogen-bond donors (Lipinski definition) is 2. The molecule has 0 atom stereocenters. The van der Waals surface area contributed by atoms with Crippen molar-refractivity contribution < 1.29 is 9.90 Å². The number of hydrogen-bond acceptors (Lipinski definition) is 4. The SMILES string of the molecule is CC(C)n1cnnc1CCNC(=O)N1CCC(O)(c2ccccc2)CC1. The number of aromatic nitrogens is 3. The molecule has 0 saturated carbocycles. The van der Waals surface area contributed by atoms with Gasteiger partial charge in [0.2, 0.25) is 0 Å². The molecule has 7 nitrogen and oxygen atoms in total. The van der Waals surface area contributed by atoms with E-state index in [0.29, 0.717) is 44.9 Å². The molecule has 1 aromatic carbocycles. The average Bonchev–Trinajstić information content (AvgIpc) is 3.12. The number of likely N-dealkylation sites (tertiary alicyclic amines) is 1. The largest absolute Gasteiger partial charge is 0.385 e. The van der Waals surface area contributed by atoms with Gasteiger partial charge in [-0.25, -0.2) is 4.79 Å². The molecule has 0 aliphatic carbocycles. The Bertz CT molecular complexity index is 721. The molecule has 1 aliphatic rings. The molecule has 2 aromatic rings. The van der Waals surface area contributed by atoms with Crippen molar-refractivity contribution in [3.8, 4) is 0 Å². The summed E-state index contributed by atoms with van der Waals surface area (Å²) in [5, 5.41) is 21.8. The highest BCUT2D eigenvalue weighted by Crippen LogP contribution is 2.32. The van der Waals surface area contributed by atoms with Crippen molar-refractivity contribution in [2.45, 2.75) is 44.8 Å². The number of carbonyl (C=O) groups excluding carboxylic acids is 1. The van der Waals surface area contributed by atoms with Gasteiger partial charge in [0, 0.05) is 32.1 Å². The van der Waals surface area contributed by atoms with E-state index in [1.165, 1.54) is 0 Å². The number of nitrogens with one attached hydrogen (secondary N) is 1. The van der Waals surface area contributed by atoms with E-state index in [4.69, 9.17) is 0 Å². The number of carbonyl (C=O) groups is 1. The van der Waals surface area contributed by atoms with Crippen LogP contribution in [0.15, 0.2) is 36.7 Å². The predicted octanol–water partition coefficient (Wildman–Crippen LogP) is 2.09. The molecule has 2 N–H and O–H groups in total. The summed E-state index contributed by atoms with van der Waals surface area (Å²) in [6.45, 7) is 5.75. The van der Waals surface area contributed by atoms with Crippen LogP contribution in [-0.2, 0) is 12.0 Å². The highest BCUT2D eigenvalue weighted by molar-refractivity contribution is 5.74. The molecule has 26 heavy (non-hydrogen) atoms. The van der Waals surface area contributed by atoms with Crippen LogP contribution in [0.5, 0.6) is 0 Å². The van der Waals surface area contributed by atoms with Gasteiger partial charge in [-0.05, 0) is 32.3 Å². The van der Waals surface area contributed by atoms with Crippen LogP contribution < -0.4 is 5.32 Å². The maximum atomic E-state index is 12.4. The quantitative estimate of drug-likeness (QED) is 0.858. The van der Waals surface area contributed by atoms with Gasteiger partial charge in [0.05, 0.1) is 5.60 Å². The molecule has 0 spiro atoms. The normalized spacial score (nSPS) is 16.7. The summed E-state index contributed by atoms with van der Waals surface area (Å²) in [6, 6.07) is 9.91. The molecular weight excluding hydrogens is 330 g/mol. The molecule has 2 amide bonds. The highest BCUT2D eigenvalue weighted by atomic mass is 16.3. The maximum absolute atomic E-state index is 12.4. The van der Waals surface area contributed by atoms with E-state index in [2.05, 4.69) is 29.4 Å². The van der Waals surface area contributed by atoms with Crippen LogP contribution in [0.3, 0.4) is 0 Å². The van der Waals surface area contributed by atoms with Gasteiger partial charge in [-0.2, -0.15) is 0 Å². The van der Waals surface area contributed by atoms with Crippen LogP contribution in [0.1, 0.15) is 44.1 Å². The smallest absolute Gasteiger partial charge is 0.317 e. The zero-order chi connectivity index (χ0) is 18.6. The van der Waals surface area contributed by atoms with Gasteiger partial charge < -0.3 is 19.9 Å². The minimum Gasteiger partial charge on any atom is -0.385 e. The molecule has 1 saturated heterocycles. The van der Waals surface area contributed by atoms with Crippen molar-refractivity contribution in [1.82, 2.24) is 25.0 Å². The summed E-state index contributed by atoms with van der Waals surface area (Å²) < 4.78 is 2.01. The number of urea groups is 1. The Hall–Kier alpha value is -2.41. The van der Waals surface area contributed by atoms with Crippen LogP contribution in [0.4, 0.5) is 4.79 Å². The fourth-order valence-electron chi connectivity index (χ4n) is 3.39. The van der Waals surface area contributed by atoms with Gasteiger partial charge in [-0.3, -0.25) is 0 Å². The van der Waals surface area contributed by atoms with Crippen molar-refractivity contribution in [3.63, 3.8) is 0 Å². The Labute approximate surface area is 154 Å². The van der Waals surface area contributed by atoms with Crippen molar-refractivity contribution in [3.05, 3.63) is 48.0 Å². The number of nitrogens with zero attached hydrogens (tertiary/aromatic N) is 4. The standard InChI is InChI=1S/C19H27N5O2/c1-15(2)24-14-21-22-17(24)8-11-20-18(25)23-12-9-19(26,10-13-23)16-6-4-3-5-7-16/h3-7,14-15,26H,8-13H2,1-2H3,(H,20,25). The highest BCUT2D eigenvalue weighted by Gasteiger charge is 2.35.